The summed E-state index contributed by atoms with van der Waals surface area (Å²) < 4.78 is 15.0. The Labute approximate surface area is 76.8 Å². The molecule has 0 saturated carbocycles. The maximum atomic E-state index is 5.24. The molecule has 0 unspecified atom stereocenters. The maximum absolute atomic E-state index is 5.24. The molecule has 0 aliphatic heterocycles. The fourth-order valence-electron chi connectivity index (χ4n) is 0.792. The zero-order valence-electron chi connectivity index (χ0n) is 7.44. The van der Waals surface area contributed by atoms with E-state index in [1.807, 2.05) is 0 Å². The summed E-state index contributed by atoms with van der Waals surface area (Å²) in [6, 6.07) is 1.76. The summed E-state index contributed by atoms with van der Waals surface area (Å²) in [6.07, 6.45) is 1.52. The number of nitrogens with zero attached hydrogens (tertiary/aromatic N) is 1. The Hall–Kier alpha value is -0.910. The van der Waals surface area contributed by atoms with Crippen LogP contribution in [0.3, 0.4) is 0 Å². The minimum Gasteiger partial charge on any atom is -0.378 e. The van der Waals surface area contributed by atoms with E-state index in [9.17, 15) is 0 Å². The van der Waals surface area contributed by atoms with Crippen molar-refractivity contribution in [3.8, 4) is 0 Å². The Morgan fingerprint density at radius 3 is 2.85 bits per heavy atom. The Morgan fingerprint density at radius 2 is 2.15 bits per heavy atom. The predicted octanol–water partition coefficient (Wildman–Crippen LogP) is 0.166. The van der Waals surface area contributed by atoms with Crippen LogP contribution in [0.15, 0.2) is 16.9 Å². The van der Waals surface area contributed by atoms with Crippen LogP contribution in [0.4, 0.5) is 0 Å². The topological polar surface area (TPSA) is 70.5 Å². The minimum atomic E-state index is 0.461. The molecule has 0 aromatic carbocycles. The van der Waals surface area contributed by atoms with Crippen molar-refractivity contribution in [1.82, 2.24) is 5.16 Å². The summed E-state index contributed by atoms with van der Waals surface area (Å²) in [4.78, 5) is 0. The van der Waals surface area contributed by atoms with Gasteiger partial charge in [-0.3, -0.25) is 0 Å². The van der Waals surface area contributed by atoms with Gasteiger partial charge in [-0.25, -0.2) is 0 Å². The van der Waals surface area contributed by atoms with Crippen LogP contribution in [0.1, 0.15) is 5.69 Å². The first-order chi connectivity index (χ1) is 6.43. The highest BCUT2D eigenvalue weighted by molar-refractivity contribution is 4.92. The highest BCUT2D eigenvalue weighted by Gasteiger charge is 1.95. The Balaban J connectivity index is 1.90. The average molecular weight is 186 g/mol. The molecule has 0 amide bonds. The molecule has 2 N–H and O–H groups in total. The third-order valence-corrected chi connectivity index (χ3v) is 1.38. The third kappa shape index (κ3) is 4.62. The van der Waals surface area contributed by atoms with Crippen LogP contribution in [-0.2, 0) is 16.1 Å². The summed E-state index contributed by atoms with van der Waals surface area (Å²) >= 11 is 0. The monoisotopic (exact) mass is 186 g/mol. The SMILES string of the molecule is NCCOCCOCc1ccon1. The van der Waals surface area contributed by atoms with E-state index < -0.39 is 0 Å². The van der Waals surface area contributed by atoms with E-state index in [1.54, 1.807) is 6.07 Å². The van der Waals surface area contributed by atoms with Crippen molar-refractivity contribution in [2.45, 2.75) is 6.61 Å². The lowest BCUT2D eigenvalue weighted by atomic mass is 10.5. The van der Waals surface area contributed by atoms with Crippen LogP contribution in [-0.4, -0.2) is 31.5 Å². The molecule has 13 heavy (non-hydrogen) atoms. The number of hydrogen-bond donors (Lipinski definition) is 1. The molecule has 0 fully saturated rings. The summed E-state index contributed by atoms with van der Waals surface area (Å²) in [5.74, 6) is 0. The first-order valence-corrected chi connectivity index (χ1v) is 4.18. The lowest BCUT2D eigenvalue weighted by Gasteiger charge is -2.02. The second-order valence-corrected chi connectivity index (χ2v) is 2.44. The van der Waals surface area contributed by atoms with Gasteiger partial charge in [0.1, 0.15) is 12.0 Å². The zero-order chi connectivity index (χ0) is 9.36. The van der Waals surface area contributed by atoms with Crippen LogP contribution in [0.2, 0.25) is 0 Å². The first kappa shape index (κ1) is 10.2. The van der Waals surface area contributed by atoms with E-state index in [0.717, 1.165) is 5.69 Å². The molecule has 74 valence electrons. The van der Waals surface area contributed by atoms with Crippen molar-refractivity contribution in [3.05, 3.63) is 18.0 Å². The molecule has 1 rings (SSSR count). The molecular weight excluding hydrogens is 172 g/mol. The summed E-state index contributed by atoms with van der Waals surface area (Å²) in [5, 5.41) is 3.69. The quantitative estimate of drug-likeness (QED) is 0.614. The molecule has 0 aliphatic rings. The van der Waals surface area contributed by atoms with Crippen molar-refractivity contribution in [2.75, 3.05) is 26.4 Å². The van der Waals surface area contributed by atoms with Gasteiger partial charge in [0.05, 0.1) is 26.4 Å². The van der Waals surface area contributed by atoms with Gasteiger partial charge in [-0.1, -0.05) is 5.16 Å². The second-order valence-electron chi connectivity index (χ2n) is 2.44. The van der Waals surface area contributed by atoms with E-state index in [0.29, 0.717) is 33.0 Å². The van der Waals surface area contributed by atoms with Gasteiger partial charge in [0.25, 0.3) is 0 Å². The first-order valence-electron chi connectivity index (χ1n) is 4.18. The van der Waals surface area contributed by atoms with Crippen LogP contribution < -0.4 is 5.73 Å². The number of nitrogens with two attached hydrogens (primary N) is 1. The standard InChI is InChI=1S/C8H14N2O3/c9-2-4-11-5-6-12-7-8-1-3-13-10-8/h1,3H,2,4-7,9H2. The van der Waals surface area contributed by atoms with E-state index >= 15 is 0 Å². The molecule has 1 heterocycles. The molecule has 5 heteroatoms. The van der Waals surface area contributed by atoms with E-state index in [4.69, 9.17) is 15.2 Å². The third-order valence-electron chi connectivity index (χ3n) is 1.38. The van der Waals surface area contributed by atoms with Crippen molar-refractivity contribution in [2.24, 2.45) is 5.73 Å². The van der Waals surface area contributed by atoms with Gasteiger partial charge in [0.15, 0.2) is 0 Å². The highest BCUT2D eigenvalue weighted by Crippen LogP contribution is 1.96. The lowest BCUT2D eigenvalue weighted by molar-refractivity contribution is 0.0414. The van der Waals surface area contributed by atoms with E-state index in [-0.39, 0.29) is 0 Å². The largest absolute Gasteiger partial charge is 0.378 e. The predicted molar refractivity (Wildman–Crippen MR) is 46.0 cm³/mol. The smallest absolute Gasteiger partial charge is 0.124 e. The molecule has 0 saturated heterocycles. The maximum Gasteiger partial charge on any atom is 0.124 e. The lowest BCUT2D eigenvalue weighted by Crippen LogP contribution is -2.11. The number of hydrogen-bond acceptors (Lipinski definition) is 5. The van der Waals surface area contributed by atoms with Gasteiger partial charge < -0.3 is 19.7 Å². The highest BCUT2D eigenvalue weighted by atomic mass is 16.5. The Morgan fingerprint density at radius 1 is 1.31 bits per heavy atom. The van der Waals surface area contributed by atoms with Crippen LogP contribution in [0.25, 0.3) is 0 Å². The van der Waals surface area contributed by atoms with Crippen molar-refractivity contribution in [1.29, 1.82) is 0 Å². The molecular formula is C8H14N2O3. The molecule has 0 aliphatic carbocycles. The fraction of sp³-hybridized carbons (Fsp3) is 0.625. The van der Waals surface area contributed by atoms with Crippen LogP contribution >= 0.6 is 0 Å². The molecule has 0 radical (unpaired) electrons. The summed E-state index contributed by atoms with van der Waals surface area (Å²) in [5.41, 5.74) is 6.02. The molecule has 1 aromatic rings. The number of aromatic nitrogens is 1. The minimum absolute atomic E-state index is 0.461. The molecule has 5 nitrogen and oxygen atoms in total. The molecule has 0 spiro atoms. The van der Waals surface area contributed by atoms with E-state index in [2.05, 4.69) is 9.68 Å². The molecule has 0 bridgehead atoms. The van der Waals surface area contributed by atoms with Gasteiger partial charge in [0, 0.05) is 12.6 Å². The van der Waals surface area contributed by atoms with Gasteiger partial charge in [-0.15, -0.1) is 0 Å². The zero-order valence-corrected chi connectivity index (χ0v) is 7.44. The summed E-state index contributed by atoms with van der Waals surface area (Å²) in [6.45, 7) is 2.70. The van der Waals surface area contributed by atoms with Gasteiger partial charge in [-0.2, -0.15) is 0 Å². The van der Waals surface area contributed by atoms with Gasteiger partial charge in [0.2, 0.25) is 0 Å². The number of rotatable bonds is 7. The summed E-state index contributed by atoms with van der Waals surface area (Å²) in [7, 11) is 0. The van der Waals surface area contributed by atoms with Gasteiger partial charge >= 0.3 is 0 Å². The Kier molecular flexibility index (Phi) is 5.16. The van der Waals surface area contributed by atoms with E-state index in [1.165, 1.54) is 6.26 Å². The van der Waals surface area contributed by atoms with Gasteiger partial charge in [-0.05, 0) is 0 Å². The van der Waals surface area contributed by atoms with Crippen LogP contribution in [0.5, 0.6) is 0 Å². The van der Waals surface area contributed by atoms with Crippen molar-refractivity contribution < 1.29 is 14.0 Å². The van der Waals surface area contributed by atoms with Crippen molar-refractivity contribution in [3.63, 3.8) is 0 Å². The Bertz CT molecular complexity index is 201. The second kappa shape index (κ2) is 6.59. The normalized spacial score (nSPS) is 10.5. The average Bonchev–Trinajstić information content (AvgIpc) is 2.63. The molecule has 1 aromatic heterocycles. The van der Waals surface area contributed by atoms with Crippen LogP contribution in [0, 0.1) is 0 Å². The fourth-order valence-corrected chi connectivity index (χ4v) is 0.792. The van der Waals surface area contributed by atoms with Crippen molar-refractivity contribution >= 4 is 0 Å². The number of ether oxygens (including phenoxy) is 2. The molecule has 0 atom stereocenters.